The number of aliphatic imine (C=N–C) groups is 1. The molecule has 0 saturated heterocycles. The number of esters is 1. The molecule has 2 aromatic carbocycles. The summed E-state index contributed by atoms with van der Waals surface area (Å²) < 4.78 is 31.9. The molecular weight excluding hydrogens is 352 g/mol. The number of aryl methyl sites for hydroxylation is 2. The third kappa shape index (κ3) is 3.77. The summed E-state index contributed by atoms with van der Waals surface area (Å²) in [6, 6.07) is 11.6. The standard InChI is InChI=1S/C19H20N2O4S/c1-12-8-13(2)10-15(9-12)11-25-19(22)14(3)20-18-16-6-4-5-7-17(16)26(23,24)21-18/h4-10,14H,11H2,1-3H3,(H,20,21)/t14-/m0/s1. The van der Waals surface area contributed by atoms with Crippen LogP contribution in [0.15, 0.2) is 52.4 Å². The number of ether oxygens (including phenoxy) is 1. The normalized spacial score (nSPS) is 17.4. The first kappa shape index (κ1) is 18.1. The predicted molar refractivity (Wildman–Crippen MR) is 98.5 cm³/mol. The van der Waals surface area contributed by atoms with Gasteiger partial charge in [0.2, 0.25) is 0 Å². The van der Waals surface area contributed by atoms with Crippen LogP contribution >= 0.6 is 0 Å². The van der Waals surface area contributed by atoms with Gasteiger partial charge in [-0.25, -0.2) is 13.2 Å². The minimum Gasteiger partial charge on any atom is -0.459 e. The van der Waals surface area contributed by atoms with E-state index in [1.54, 1.807) is 25.1 Å². The average Bonchev–Trinajstić information content (AvgIpc) is 2.83. The maximum Gasteiger partial charge on any atom is 0.330 e. The Balaban J connectivity index is 1.73. The van der Waals surface area contributed by atoms with Crippen molar-refractivity contribution in [3.63, 3.8) is 0 Å². The summed E-state index contributed by atoms with van der Waals surface area (Å²) in [5, 5.41) is 0. The lowest BCUT2D eigenvalue weighted by atomic mass is 10.1. The van der Waals surface area contributed by atoms with Crippen LogP contribution in [0.25, 0.3) is 0 Å². The van der Waals surface area contributed by atoms with Crippen molar-refractivity contribution >= 4 is 21.8 Å². The van der Waals surface area contributed by atoms with Crippen LogP contribution < -0.4 is 4.72 Å². The molecule has 0 fully saturated rings. The number of fused-ring (bicyclic) bond motifs is 1. The third-order valence-corrected chi connectivity index (χ3v) is 5.39. The maximum atomic E-state index is 12.2. The van der Waals surface area contributed by atoms with Crippen molar-refractivity contribution in [1.82, 2.24) is 4.72 Å². The lowest BCUT2D eigenvalue weighted by Crippen LogP contribution is -2.26. The van der Waals surface area contributed by atoms with Crippen LogP contribution in [0.3, 0.4) is 0 Å². The Kier molecular flexibility index (Phi) is 4.82. The van der Waals surface area contributed by atoms with E-state index in [0.717, 1.165) is 16.7 Å². The number of hydrogen-bond acceptors (Lipinski definition) is 5. The highest BCUT2D eigenvalue weighted by atomic mass is 32.2. The van der Waals surface area contributed by atoms with Crippen LogP contribution in [-0.4, -0.2) is 26.3 Å². The van der Waals surface area contributed by atoms with Gasteiger partial charge in [-0.05, 0) is 38.5 Å². The van der Waals surface area contributed by atoms with Crippen molar-refractivity contribution in [1.29, 1.82) is 0 Å². The quantitative estimate of drug-likeness (QED) is 0.836. The molecule has 0 spiro atoms. The molecule has 1 N–H and O–H groups in total. The van der Waals surface area contributed by atoms with E-state index in [1.807, 2.05) is 32.0 Å². The largest absolute Gasteiger partial charge is 0.459 e. The Morgan fingerprint density at radius 2 is 1.81 bits per heavy atom. The third-order valence-electron chi connectivity index (χ3n) is 3.99. The highest BCUT2D eigenvalue weighted by molar-refractivity contribution is 7.90. The van der Waals surface area contributed by atoms with E-state index in [1.165, 1.54) is 6.07 Å². The van der Waals surface area contributed by atoms with Gasteiger partial charge in [0.05, 0.1) is 4.90 Å². The highest BCUT2D eigenvalue weighted by Gasteiger charge is 2.31. The van der Waals surface area contributed by atoms with Crippen LogP contribution in [0.4, 0.5) is 0 Å². The molecule has 1 aliphatic rings. The van der Waals surface area contributed by atoms with Crippen LogP contribution in [0.2, 0.25) is 0 Å². The Morgan fingerprint density at radius 3 is 2.50 bits per heavy atom. The first-order valence-corrected chi connectivity index (χ1v) is 9.68. The molecule has 0 saturated carbocycles. The Labute approximate surface area is 153 Å². The fraction of sp³-hybridized carbons (Fsp3) is 0.263. The summed E-state index contributed by atoms with van der Waals surface area (Å²) in [4.78, 5) is 16.6. The number of carbonyl (C=O) groups is 1. The Morgan fingerprint density at radius 1 is 1.15 bits per heavy atom. The summed E-state index contributed by atoms with van der Waals surface area (Å²) in [5.74, 6) is -0.350. The monoisotopic (exact) mass is 372 g/mol. The number of nitrogens with one attached hydrogen (secondary N) is 1. The summed E-state index contributed by atoms with van der Waals surface area (Å²) in [5.41, 5.74) is 3.56. The van der Waals surface area contributed by atoms with Crippen molar-refractivity contribution in [2.45, 2.75) is 38.3 Å². The number of amidine groups is 1. The van der Waals surface area contributed by atoms with Crippen molar-refractivity contribution in [2.75, 3.05) is 0 Å². The molecule has 1 heterocycles. The molecule has 0 unspecified atom stereocenters. The maximum absolute atomic E-state index is 12.2. The minimum absolute atomic E-state index is 0.152. The Bertz CT molecular complexity index is 976. The SMILES string of the molecule is Cc1cc(C)cc(COC(=O)[C@H](C)N=C2NS(=O)(=O)c3ccccc32)c1. The topological polar surface area (TPSA) is 84.8 Å². The van der Waals surface area contributed by atoms with E-state index in [4.69, 9.17) is 4.74 Å². The van der Waals surface area contributed by atoms with Gasteiger partial charge in [0.25, 0.3) is 10.0 Å². The average molecular weight is 372 g/mol. The van der Waals surface area contributed by atoms with Crippen molar-refractivity contribution < 1.29 is 17.9 Å². The molecule has 1 aliphatic heterocycles. The van der Waals surface area contributed by atoms with E-state index < -0.39 is 22.0 Å². The summed E-state index contributed by atoms with van der Waals surface area (Å²) >= 11 is 0. The van der Waals surface area contributed by atoms with E-state index in [9.17, 15) is 13.2 Å². The van der Waals surface area contributed by atoms with E-state index >= 15 is 0 Å². The second-order valence-electron chi connectivity index (χ2n) is 6.36. The molecule has 136 valence electrons. The fourth-order valence-electron chi connectivity index (χ4n) is 2.90. The van der Waals surface area contributed by atoms with Crippen molar-refractivity contribution in [3.05, 3.63) is 64.7 Å². The van der Waals surface area contributed by atoms with Gasteiger partial charge in [0.1, 0.15) is 18.5 Å². The first-order chi connectivity index (χ1) is 12.3. The molecule has 2 aromatic rings. The van der Waals surface area contributed by atoms with Gasteiger partial charge in [0.15, 0.2) is 0 Å². The molecule has 1 atom stereocenters. The van der Waals surface area contributed by atoms with Crippen LogP contribution in [-0.2, 0) is 26.2 Å². The van der Waals surface area contributed by atoms with Crippen LogP contribution in [0, 0.1) is 13.8 Å². The summed E-state index contributed by atoms with van der Waals surface area (Å²) in [6.45, 7) is 5.69. The number of nitrogens with zero attached hydrogens (tertiary/aromatic N) is 1. The molecule has 0 aliphatic carbocycles. The van der Waals surface area contributed by atoms with Crippen LogP contribution in [0.5, 0.6) is 0 Å². The van der Waals surface area contributed by atoms with Gasteiger partial charge in [-0.1, -0.05) is 41.5 Å². The minimum atomic E-state index is -3.62. The smallest absolute Gasteiger partial charge is 0.330 e. The van der Waals surface area contributed by atoms with Gasteiger partial charge in [-0.15, -0.1) is 0 Å². The highest BCUT2D eigenvalue weighted by Crippen LogP contribution is 2.22. The molecule has 0 amide bonds. The second-order valence-corrected chi connectivity index (χ2v) is 8.01. The molecule has 0 aromatic heterocycles. The molecule has 26 heavy (non-hydrogen) atoms. The number of rotatable bonds is 4. The van der Waals surface area contributed by atoms with Crippen molar-refractivity contribution in [2.24, 2.45) is 4.99 Å². The molecule has 0 bridgehead atoms. The van der Waals surface area contributed by atoms with Crippen molar-refractivity contribution in [3.8, 4) is 0 Å². The zero-order valence-corrected chi connectivity index (χ0v) is 15.6. The number of hydrogen-bond donors (Lipinski definition) is 1. The van der Waals surface area contributed by atoms with Crippen LogP contribution in [0.1, 0.15) is 29.2 Å². The fourth-order valence-corrected chi connectivity index (χ4v) is 4.14. The lowest BCUT2D eigenvalue weighted by molar-refractivity contribution is -0.146. The molecule has 3 rings (SSSR count). The first-order valence-electron chi connectivity index (χ1n) is 8.20. The summed E-state index contributed by atoms with van der Waals surface area (Å²) in [6.07, 6.45) is 0. The Hall–Kier alpha value is -2.67. The van der Waals surface area contributed by atoms with Gasteiger partial charge in [-0.3, -0.25) is 9.71 Å². The van der Waals surface area contributed by atoms with Gasteiger partial charge in [0, 0.05) is 5.56 Å². The zero-order chi connectivity index (χ0) is 18.9. The van der Waals surface area contributed by atoms with Gasteiger partial charge < -0.3 is 4.74 Å². The molecule has 6 nitrogen and oxygen atoms in total. The molecule has 7 heteroatoms. The lowest BCUT2D eigenvalue weighted by Gasteiger charge is -2.10. The number of benzene rings is 2. The molecule has 0 radical (unpaired) electrons. The van der Waals surface area contributed by atoms with Gasteiger partial charge >= 0.3 is 5.97 Å². The van der Waals surface area contributed by atoms with E-state index in [0.29, 0.717) is 5.56 Å². The zero-order valence-electron chi connectivity index (χ0n) is 14.8. The van der Waals surface area contributed by atoms with E-state index in [-0.39, 0.29) is 17.3 Å². The second kappa shape index (κ2) is 6.92. The van der Waals surface area contributed by atoms with E-state index in [2.05, 4.69) is 9.71 Å². The number of sulfonamides is 1. The molecular formula is C19H20N2O4S. The summed E-state index contributed by atoms with van der Waals surface area (Å²) in [7, 11) is -3.62. The number of carbonyl (C=O) groups excluding carboxylic acids is 1. The predicted octanol–water partition coefficient (Wildman–Crippen LogP) is 2.47. The van der Waals surface area contributed by atoms with Gasteiger partial charge in [-0.2, -0.15) is 0 Å².